The van der Waals surface area contributed by atoms with Gasteiger partial charge in [0, 0.05) is 46.4 Å². The summed E-state index contributed by atoms with van der Waals surface area (Å²) in [7, 11) is 0. The molecular formula is C27H20ClN7O2. The molecule has 182 valence electrons. The third-order valence-electron chi connectivity index (χ3n) is 7.07. The van der Waals surface area contributed by atoms with Gasteiger partial charge in [-0.05, 0) is 35.2 Å². The molecule has 1 atom stereocenters. The number of carbonyl (C=O) groups is 1. The number of fused-ring (bicyclic) bond motifs is 5. The van der Waals surface area contributed by atoms with E-state index in [9.17, 15) is 9.90 Å². The van der Waals surface area contributed by atoms with Crippen LogP contribution in [-0.2, 0) is 6.54 Å². The molecule has 0 bridgehead atoms. The monoisotopic (exact) mass is 509 g/mol. The lowest BCUT2D eigenvalue weighted by molar-refractivity contribution is 0.0984. The van der Waals surface area contributed by atoms with Gasteiger partial charge in [-0.15, -0.1) is 0 Å². The summed E-state index contributed by atoms with van der Waals surface area (Å²) in [4.78, 5) is 30.4. The van der Waals surface area contributed by atoms with Crippen molar-refractivity contribution in [3.05, 3.63) is 89.0 Å². The van der Waals surface area contributed by atoms with Crippen LogP contribution in [-0.4, -0.2) is 42.1 Å². The molecule has 9 nitrogen and oxygen atoms in total. The topological polar surface area (TPSA) is 127 Å². The van der Waals surface area contributed by atoms with Crippen molar-refractivity contribution in [2.75, 3.05) is 11.4 Å². The maximum absolute atomic E-state index is 13.8. The molecule has 0 aliphatic carbocycles. The number of hydrogen-bond donors (Lipinski definition) is 4. The van der Waals surface area contributed by atoms with Crippen molar-refractivity contribution in [1.82, 2.24) is 24.5 Å². The standard InChI is InChI=1S/C27H20ClN7O2/c28-16-5-6-19-14(7-16)8-20(33-19)27(37)35-11-15(10-34-13-32-25(29)24-26(34)31-12-30-24)23-18-4-2-1-3-17(18)22(36)9-21(23)35/h1-9,12-13,15,29,33,36H,10-11H2,(H,30,31)/t15-/m1/s1. The summed E-state index contributed by atoms with van der Waals surface area (Å²) in [6.45, 7) is 0.891. The number of aromatic hydroxyl groups is 1. The van der Waals surface area contributed by atoms with Crippen LogP contribution in [0.4, 0.5) is 5.69 Å². The zero-order chi connectivity index (χ0) is 25.3. The normalized spacial score (nSPS) is 15.2. The Bertz CT molecular complexity index is 1940. The first-order chi connectivity index (χ1) is 18.0. The third-order valence-corrected chi connectivity index (χ3v) is 7.31. The van der Waals surface area contributed by atoms with Gasteiger partial charge in [0.25, 0.3) is 5.91 Å². The molecule has 37 heavy (non-hydrogen) atoms. The predicted octanol–water partition coefficient (Wildman–Crippen LogP) is 4.68. The van der Waals surface area contributed by atoms with Crippen molar-refractivity contribution < 1.29 is 9.90 Å². The Kier molecular flexibility index (Phi) is 4.64. The number of carbonyl (C=O) groups excluding carboxylic acids is 1. The van der Waals surface area contributed by atoms with Gasteiger partial charge in [0.1, 0.15) is 17.0 Å². The number of rotatable bonds is 3. The second kappa shape index (κ2) is 7.94. The molecule has 3 aromatic heterocycles. The molecule has 10 heteroatoms. The molecule has 0 fully saturated rings. The van der Waals surface area contributed by atoms with Crippen LogP contribution < -0.4 is 10.4 Å². The van der Waals surface area contributed by atoms with Crippen molar-refractivity contribution in [2.45, 2.75) is 12.5 Å². The molecule has 0 saturated heterocycles. The molecule has 0 unspecified atom stereocenters. The SMILES string of the molecule is N=c1ncn(C[C@@H]2CN(C(=O)c3cc4cc(Cl)ccc4[nH]3)c3cc(O)c4ccccc4c32)c2nc[nH]c12. The van der Waals surface area contributed by atoms with Gasteiger partial charge in [0.15, 0.2) is 11.1 Å². The van der Waals surface area contributed by atoms with Crippen molar-refractivity contribution in [3.8, 4) is 5.75 Å². The second-order valence-electron chi connectivity index (χ2n) is 9.25. The molecule has 7 rings (SSSR count). The number of imidazole rings is 1. The summed E-state index contributed by atoms with van der Waals surface area (Å²) >= 11 is 6.15. The molecule has 0 radical (unpaired) electrons. The van der Waals surface area contributed by atoms with Gasteiger partial charge in [0.05, 0.1) is 18.3 Å². The Morgan fingerprint density at radius 3 is 2.84 bits per heavy atom. The minimum absolute atomic E-state index is 0.105. The summed E-state index contributed by atoms with van der Waals surface area (Å²) in [5.41, 5.74) is 4.23. The lowest BCUT2D eigenvalue weighted by Crippen LogP contribution is -2.31. The number of nitrogens with zero attached hydrogens (tertiary/aromatic N) is 4. The maximum Gasteiger partial charge on any atom is 0.274 e. The van der Waals surface area contributed by atoms with E-state index in [0.29, 0.717) is 40.7 Å². The quantitative estimate of drug-likeness (QED) is 0.276. The van der Waals surface area contributed by atoms with E-state index >= 15 is 0 Å². The molecule has 1 aliphatic rings. The fourth-order valence-corrected chi connectivity index (χ4v) is 5.61. The highest BCUT2D eigenvalue weighted by Gasteiger charge is 2.36. The highest BCUT2D eigenvalue weighted by Crippen LogP contribution is 2.46. The summed E-state index contributed by atoms with van der Waals surface area (Å²) < 4.78 is 1.90. The van der Waals surface area contributed by atoms with E-state index < -0.39 is 0 Å². The fraction of sp³-hybridized carbons (Fsp3) is 0.111. The van der Waals surface area contributed by atoms with Gasteiger partial charge >= 0.3 is 0 Å². The molecule has 1 aliphatic heterocycles. The molecule has 4 heterocycles. The number of aromatic nitrogens is 5. The average Bonchev–Trinajstić information content (AvgIpc) is 3.63. The molecule has 4 N–H and O–H groups in total. The van der Waals surface area contributed by atoms with E-state index in [1.165, 1.54) is 0 Å². The van der Waals surface area contributed by atoms with E-state index in [4.69, 9.17) is 17.0 Å². The number of benzene rings is 3. The first-order valence-corrected chi connectivity index (χ1v) is 12.1. The number of amides is 1. The Morgan fingerprint density at radius 2 is 1.97 bits per heavy atom. The van der Waals surface area contributed by atoms with E-state index in [0.717, 1.165) is 27.2 Å². The van der Waals surface area contributed by atoms with E-state index in [-0.39, 0.29) is 23.1 Å². The summed E-state index contributed by atoms with van der Waals surface area (Å²) in [5.74, 6) is -0.175. The van der Waals surface area contributed by atoms with Crippen molar-refractivity contribution in [1.29, 1.82) is 5.41 Å². The zero-order valence-corrected chi connectivity index (χ0v) is 20.1. The van der Waals surface area contributed by atoms with Crippen LogP contribution in [0.3, 0.4) is 0 Å². The lowest BCUT2D eigenvalue weighted by atomic mass is 9.94. The van der Waals surface area contributed by atoms with Gasteiger partial charge in [-0.1, -0.05) is 35.9 Å². The molecule has 0 spiro atoms. The Labute approximate surface area is 214 Å². The number of hydrogen-bond acceptors (Lipinski definition) is 5. The molecule has 1 amide bonds. The molecule has 3 aromatic carbocycles. The minimum atomic E-state index is -0.194. The Morgan fingerprint density at radius 1 is 1.14 bits per heavy atom. The number of halogens is 1. The van der Waals surface area contributed by atoms with Crippen LogP contribution in [0.1, 0.15) is 22.0 Å². The smallest absolute Gasteiger partial charge is 0.274 e. The summed E-state index contributed by atoms with van der Waals surface area (Å²) in [6.07, 6.45) is 3.16. The molecular weight excluding hydrogens is 490 g/mol. The van der Waals surface area contributed by atoms with Gasteiger partial charge in [-0.25, -0.2) is 9.97 Å². The van der Waals surface area contributed by atoms with E-state index in [1.807, 2.05) is 41.0 Å². The van der Waals surface area contributed by atoms with Crippen LogP contribution in [0.15, 0.2) is 67.3 Å². The fourth-order valence-electron chi connectivity index (χ4n) is 5.43. The average molecular weight is 510 g/mol. The van der Waals surface area contributed by atoms with Gasteiger partial charge in [-0.2, -0.15) is 0 Å². The van der Waals surface area contributed by atoms with Crippen molar-refractivity contribution in [3.63, 3.8) is 0 Å². The Hall–Kier alpha value is -4.63. The van der Waals surface area contributed by atoms with Crippen LogP contribution in [0.5, 0.6) is 5.75 Å². The van der Waals surface area contributed by atoms with Crippen LogP contribution >= 0.6 is 11.6 Å². The number of H-pyrrole nitrogens is 2. The second-order valence-corrected chi connectivity index (χ2v) is 9.68. The maximum atomic E-state index is 13.8. The number of phenolic OH excluding ortho intramolecular Hbond substituents is 1. The van der Waals surface area contributed by atoms with Crippen molar-refractivity contribution >= 4 is 56.0 Å². The zero-order valence-electron chi connectivity index (χ0n) is 19.4. The number of anilines is 1. The van der Waals surface area contributed by atoms with Gasteiger partial charge < -0.3 is 24.5 Å². The summed E-state index contributed by atoms with van der Waals surface area (Å²) in [6, 6.07) is 16.6. The molecule has 6 aromatic rings. The van der Waals surface area contributed by atoms with Crippen LogP contribution in [0, 0.1) is 5.41 Å². The van der Waals surface area contributed by atoms with Crippen LogP contribution in [0.2, 0.25) is 5.02 Å². The number of aromatic amines is 2. The first kappa shape index (κ1) is 21.6. The van der Waals surface area contributed by atoms with Gasteiger partial charge in [0.2, 0.25) is 0 Å². The predicted molar refractivity (Wildman–Crippen MR) is 141 cm³/mol. The van der Waals surface area contributed by atoms with E-state index in [1.54, 1.807) is 35.8 Å². The Balaban J connectivity index is 1.37. The van der Waals surface area contributed by atoms with E-state index in [2.05, 4.69) is 19.9 Å². The van der Waals surface area contributed by atoms with Crippen LogP contribution in [0.25, 0.3) is 32.8 Å². The minimum Gasteiger partial charge on any atom is -0.507 e. The summed E-state index contributed by atoms with van der Waals surface area (Å²) in [5, 5.41) is 22.0. The third kappa shape index (κ3) is 3.31. The largest absolute Gasteiger partial charge is 0.507 e. The molecule has 0 saturated carbocycles. The number of nitrogens with one attached hydrogen (secondary N) is 3. The highest BCUT2D eigenvalue weighted by atomic mass is 35.5. The first-order valence-electron chi connectivity index (χ1n) is 11.8. The lowest BCUT2D eigenvalue weighted by Gasteiger charge is -2.18. The van der Waals surface area contributed by atoms with Gasteiger partial charge in [-0.3, -0.25) is 10.2 Å². The van der Waals surface area contributed by atoms with Crippen molar-refractivity contribution in [2.24, 2.45) is 0 Å². The number of phenols is 1. The highest BCUT2D eigenvalue weighted by molar-refractivity contribution is 6.31.